The molecule has 8 heteroatoms. The molecule has 7 nitrogen and oxygen atoms in total. The van der Waals surface area contributed by atoms with Crippen LogP contribution in [0, 0.1) is 5.92 Å². The standard InChI is InChI=1S/C17H21ClN4O3/c1-9(2)13(17(24)25)19-16(23)14-20-15(10(3)4)22(21-14)12-8-6-5-7-11(12)18/h5-10,13H,1-4H3,(H,19,23)(H,24,25)/t13-/m1/s1. The summed E-state index contributed by atoms with van der Waals surface area (Å²) in [7, 11) is 0. The van der Waals surface area contributed by atoms with E-state index in [0.29, 0.717) is 16.5 Å². The first-order valence-corrected chi connectivity index (χ1v) is 8.35. The summed E-state index contributed by atoms with van der Waals surface area (Å²) in [6.45, 7) is 7.28. The molecule has 0 saturated carbocycles. The van der Waals surface area contributed by atoms with Crippen molar-refractivity contribution in [3.63, 3.8) is 0 Å². The van der Waals surface area contributed by atoms with Gasteiger partial charge >= 0.3 is 5.97 Å². The highest BCUT2D eigenvalue weighted by Crippen LogP contribution is 2.23. The molecule has 134 valence electrons. The number of amides is 1. The van der Waals surface area contributed by atoms with Gasteiger partial charge in [-0.05, 0) is 18.1 Å². The average molecular weight is 365 g/mol. The quantitative estimate of drug-likeness (QED) is 0.821. The van der Waals surface area contributed by atoms with Crippen LogP contribution in [0.4, 0.5) is 0 Å². The first-order chi connectivity index (χ1) is 11.7. The molecule has 1 aromatic heterocycles. The maximum absolute atomic E-state index is 12.4. The van der Waals surface area contributed by atoms with E-state index >= 15 is 0 Å². The van der Waals surface area contributed by atoms with Gasteiger partial charge in [0.25, 0.3) is 5.91 Å². The Morgan fingerprint density at radius 2 is 1.84 bits per heavy atom. The Morgan fingerprint density at radius 1 is 1.20 bits per heavy atom. The number of nitrogens with one attached hydrogen (secondary N) is 1. The topological polar surface area (TPSA) is 97.1 Å². The summed E-state index contributed by atoms with van der Waals surface area (Å²) in [6, 6.07) is 6.10. The summed E-state index contributed by atoms with van der Waals surface area (Å²) in [5.74, 6) is -1.53. The van der Waals surface area contributed by atoms with Gasteiger partial charge in [0.05, 0.1) is 10.7 Å². The number of carbonyl (C=O) groups is 2. The van der Waals surface area contributed by atoms with Crippen molar-refractivity contribution in [1.82, 2.24) is 20.1 Å². The third kappa shape index (κ3) is 4.17. The van der Waals surface area contributed by atoms with Gasteiger partial charge in [0, 0.05) is 5.92 Å². The van der Waals surface area contributed by atoms with Crippen LogP contribution < -0.4 is 5.32 Å². The monoisotopic (exact) mass is 364 g/mol. The molecule has 2 N–H and O–H groups in total. The van der Waals surface area contributed by atoms with Gasteiger partial charge < -0.3 is 10.4 Å². The number of hydrogen-bond donors (Lipinski definition) is 2. The number of para-hydroxylation sites is 1. The lowest BCUT2D eigenvalue weighted by atomic mass is 10.0. The second-order valence-electron chi connectivity index (χ2n) is 6.34. The number of carboxylic acids is 1. The zero-order valence-corrected chi connectivity index (χ0v) is 15.3. The Morgan fingerprint density at radius 3 is 2.36 bits per heavy atom. The summed E-state index contributed by atoms with van der Waals surface area (Å²) < 4.78 is 1.52. The Balaban J connectivity index is 2.41. The fourth-order valence-electron chi connectivity index (χ4n) is 2.31. The first-order valence-electron chi connectivity index (χ1n) is 7.97. The summed E-state index contributed by atoms with van der Waals surface area (Å²) in [5.41, 5.74) is 0.609. The maximum Gasteiger partial charge on any atom is 0.326 e. The number of halogens is 1. The van der Waals surface area contributed by atoms with E-state index in [1.165, 1.54) is 4.68 Å². The predicted octanol–water partition coefficient (Wildman–Crippen LogP) is 2.88. The van der Waals surface area contributed by atoms with Gasteiger partial charge in [-0.1, -0.05) is 51.4 Å². The lowest BCUT2D eigenvalue weighted by Crippen LogP contribution is -2.44. The van der Waals surface area contributed by atoms with E-state index in [0.717, 1.165) is 0 Å². The number of nitrogens with zero attached hydrogens (tertiary/aromatic N) is 3. The lowest BCUT2D eigenvalue weighted by Gasteiger charge is -2.16. The molecule has 0 saturated heterocycles. The number of aliphatic carboxylic acids is 1. The molecule has 0 aliphatic carbocycles. The molecule has 1 atom stereocenters. The number of hydrogen-bond acceptors (Lipinski definition) is 4. The Labute approximate surface area is 151 Å². The predicted molar refractivity (Wildman–Crippen MR) is 94.2 cm³/mol. The number of benzene rings is 1. The number of aromatic nitrogens is 3. The second-order valence-corrected chi connectivity index (χ2v) is 6.75. The van der Waals surface area contributed by atoms with Crippen LogP contribution in [0.3, 0.4) is 0 Å². The minimum atomic E-state index is -1.10. The molecule has 25 heavy (non-hydrogen) atoms. The number of carbonyl (C=O) groups excluding carboxylic acids is 1. The maximum atomic E-state index is 12.4. The van der Waals surface area contributed by atoms with Gasteiger partial charge in [-0.15, -0.1) is 5.10 Å². The molecule has 0 unspecified atom stereocenters. The minimum Gasteiger partial charge on any atom is -0.480 e. The van der Waals surface area contributed by atoms with E-state index in [9.17, 15) is 14.7 Å². The van der Waals surface area contributed by atoms with Crippen molar-refractivity contribution in [1.29, 1.82) is 0 Å². The largest absolute Gasteiger partial charge is 0.480 e. The fourth-order valence-corrected chi connectivity index (χ4v) is 2.53. The Bertz CT molecular complexity index is 786. The summed E-state index contributed by atoms with van der Waals surface area (Å²) in [5, 5.41) is 16.4. The second kappa shape index (κ2) is 7.65. The van der Waals surface area contributed by atoms with Crippen LogP contribution in [-0.4, -0.2) is 37.8 Å². The zero-order valence-electron chi connectivity index (χ0n) is 14.5. The van der Waals surface area contributed by atoms with Crippen molar-refractivity contribution < 1.29 is 14.7 Å². The van der Waals surface area contributed by atoms with Crippen LogP contribution in [0.25, 0.3) is 5.69 Å². The Hall–Kier alpha value is -2.41. The van der Waals surface area contributed by atoms with E-state index in [2.05, 4.69) is 15.4 Å². The van der Waals surface area contributed by atoms with Crippen LogP contribution in [0.15, 0.2) is 24.3 Å². The molecule has 0 aliphatic heterocycles. The van der Waals surface area contributed by atoms with Crippen LogP contribution in [-0.2, 0) is 4.79 Å². The molecule has 0 radical (unpaired) electrons. The van der Waals surface area contributed by atoms with Crippen LogP contribution in [0.2, 0.25) is 5.02 Å². The summed E-state index contributed by atoms with van der Waals surface area (Å²) in [6.07, 6.45) is 0. The zero-order chi connectivity index (χ0) is 18.7. The van der Waals surface area contributed by atoms with E-state index in [1.807, 2.05) is 19.9 Å². The van der Waals surface area contributed by atoms with E-state index < -0.39 is 17.9 Å². The van der Waals surface area contributed by atoms with Crippen molar-refractivity contribution in [3.05, 3.63) is 40.9 Å². The molecule has 0 spiro atoms. The van der Waals surface area contributed by atoms with Crippen molar-refractivity contribution in [3.8, 4) is 5.69 Å². The molecule has 0 aliphatic rings. The normalized spacial score (nSPS) is 12.4. The number of carboxylic acid groups (broad SMARTS) is 1. The molecular formula is C17H21ClN4O3. The summed E-state index contributed by atoms with van der Waals surface area (Å²) in [4.78, 5) is 28.0. The van der Waals surface area contributed by atoms with Crippen molar-refractivity contribution in [2.75, 3.05) is 0 Å². The third-order valence-electron chi connectivity index (χ3n) is 3.65. The molecule has 2 aromatic rings. The molecule has 0 bridgehead atoms. The van der Waals surface area contributed by atoms with Crippen molar-refractivity contribution in [2.45, 2.75) is 39.7 Å². The van der Waals surface area contributed by atoms with Crippen LogP contribution >= 0.6 is 11.6 Å². The smallest absolute Gasteiger partial charge is 0.326 e. The average Bonchev–Trinajstić information content (AvgIpc) is 2.97. The molecule has 1 amide bonds. The number of rotatable bonds is 6. The highest BCUT2D eigenvalue weighted by molar-refractivity contribution is 6.32. The van der Waals surface area contributed by atoms with E-state index in [4.69, 9.17) is 11.6 Å². The van der Waals surface area contributed by atoms with Gasteiger partial charge in [0.15, 0.2) is 0 Å². The van der Waals surface area contributed by atoms with Gasteiger partial charge in [0.1, 0.15) is 11.9 Å². The molecule has 0 fully saturated rings. The molecule has 1 heterocycles. The van der Waals surface area contributed by atoms with Gasteiger partial charge in [-0.2, -0.15) is 0 Å². The van der Waals surface area contributed by atoms with Gasteiger partial charge in [0.2, 0.25) is 5.82 Å². The van der Waals surface area contributed by atoms with Crippen LogP contribution in [0.5, 0.6) is 0 Å². The highest BCUT2D eigenvalue weighted by Gasteiger charge is 2.27. The SMILES string of the molecule is CC(C)c1nc(C(=O)N[C@@H](C(=O)O)C(C)C)nn1-c1ccccc1Cl. The van der Waals surface area contributed by atoms with Gasteiger partial charge in [-0.25, -0.2) is 14.5 Å². The lowest BCUT2D eigenvalue weighted by molar-refractivity contribution is -0.140. The Kier molecular flexibility index (Phi) is 5.79. The van der Waals surface area contributed by atoms with Crippen molar-refractivity contribution >= 4 is 23.5 Å². The fraction of sp³-hybridized carbons (Fsp3) is 0.412. The molecule has 2 rings (SSSR count). The van der Waals surface area contributed by atoms with Crippen molar-refractivity contribution in [2.24, 2.45) is 5.92 Å². The first kappa shape index (κ1) is 18.9. The minimum absolute atomic E-state index is 0.00862. The highest BCUT2D eigenvalue weighted by atomic mass is 35.5. The van der Waals surface area contributed by atoms with E-state index in [-0.39, 0.29) is 17.7 Å². The van der Waals surface area contributed by atoms with Gasteiger partial charge in [-0.3, -0.25) is 4.79 Å². The molecule has 1 aromatic carbocycles. The third-order valence-corrected chi connectivity index (χ3v) is 3.97. The molecular weight excluding hydrogens is 344 g/mol. The van der Waals surface area contributed by atoms with Crippen LogP contribution in [0.1, 0.15) is 50.1 Å². The van der Waals surface area contributed by atoms with E-state index in [1.54, 1.807) is 32.0 Å². The summed E-state index contributed by atoms with van der Waals surface area (Å²) >= 11 is 6.22.